The molecule has 1 saturated carbocycles. The minimum Gasteiger partial charge on any atom is -0.446 e. The van der Waals surface area contributed by atoms with Gasteiger partial charge in [-0.2, -0.15) is 5.10 Å². The summed E-state index contributed by atoms with van der Waals surface area (Å²) in [6.07, 6.45) is 3.50. The average molecular weight is 414 g/mol. The molecule has 3 N–H and O–H groups in total. The first-order valence-electron chi connectivity index (χ1n) is 9.51. The summed E-state index contributed by atoms with van der Waals surface area (Å²) in [5, 5.41) is 12.8. The number of amides is 2. The standard InChI is InChI=1S/C19H22N6O3S/c1-10(2)22-19(27)28-12-4-3-11(7-12)14-8-15(25-24-14)23-18(26)13-5-6-20-17-16(13)29-9-21-17/h5-6,8-12H,3-4,7H2,1-2H3,(H,22,27)(H2,23,24,25,26)/t11-,12+/m0/s1. The Labute approximate surface area is 171 Å². The van der Waals surface area contributed by atoms with Crippen LogP contribution in [0.25, 0.3) is 10.3 Å². The molecule has 0 aliphatic heterocycles. The van der Waals surface area contributed by atoms with Crippen molar-refractivity contribution >= 4 is 39.5 Å². The summed E-state index contributed by atoms with van der Waals surface area (Å²) in [6, 6.07) is 3.56. The van der Waals surface area contributed by atoms with Gasteiger partial charge < -0.3 is 15.4 Å². The van der Waals surface area contributed by atoms with E-state index in [9.17, 15) is 9.59 Å². The van der Waals surface area contributed by atoms with Crippen LogP contribution in [0, 0.1) is 0 Å². The number of carbonyl (C=O) groups is 2. The van der Waals surface area contributed by atoms with Crippen molar-refractivity contribution in [1.82, 2.24) is 25.5 Å². The molecule has 2 atom stereocenters. The molecule has 29 heavy (non-hydrogen) atoms. The van der Waals surface area contributed by atoms with Crippen molar-refractivity contribution in [2.45, 2.75) is 51.2 Å². The molecule has 3 heterocycles. The summed E-state index contributed by atoms with van der Waals surface area (Å²) in [4.78, 5) is 32.7. The number of nitrogens with zero attached hydrogens (tertiary/aromatic N) is 3. The van der Waals surface area contributed by atoms with E-state index < -0.39 is 0 Å². The van der Waals surface area contributed by atoms with E-state index in [1.165, 1.54) is 11.3 Å². The Bertz CT molecular complexity index is 1030. The maximum absolute atomic E-state index is 12.6. The van der Waals surface area contributed by atoms with Gasteiger partial charge >= 0.3 is 6.09 Å². The van der Waals surface area contributed by atoms with E-state index in [-0.39, 0.29) is 30.1 Å². The van der Waals surface area contributed by atoms with Crippen molar-refractivity contribution in [3.05, 3.63) is 35.1 Å². The smallest absolute Gasteiger partial charge is 0.407 e. The highest BCUT2D eigenvalue weighted by atomic mass is 32.1. The van der Waals surface area contributed by atoms with Gasteiger partial charge in [0.1, 0.15) is 6.10 Å². The van der Waals surface area contributed by atoms with Crippen molar-refractivity contribution in [2.24, 2.45) is 0 Å². The first-order chi connectivity index (χ1) is 14.0. The van der Waals surface area contributed by atoms with Crippen LogP contribution >= 0.6 is 11.3 Å². The van der Waals surface area contributed by atoms with Gasteiger partial charge in [0.25, 0.3) is 5.91 Å². The maximum atomic E-state index is 12.6. The van der Waals surface area contributed by atoms with Gasteiger partial charge in [-0.1, -0.05) is 0 Å². The highest BCUT2D eigenvalue weighted by molar-refractivity contribution is 7.17. The monoisotopic (exact) mass is 414 g/mol. The Balaban J connectivity index is 1.37. The zero-order valence-electron chi connectivity index (χ0n) is 16.1. The second-order valence-electron chi connectivity index (χ2n) is 7.36. The molecule has 1 fully saturated rings. The molecule has 3 aromatic heterocycles. The molecule has 9 nitrogen and oxygen atoms in total. The number of ether oxygens (including phenoxy) is 1. The molecule has 0 bridgehead atoms. The summed E-state index contributed by atoms with van der Waals surface area (Å²) in [5.41, 5.74) is 3.67. The third-order valence-corrected chi connectivity index (χ3v) is 5.67. The Kier molecular flexibility index (Phi) is 5.43. The molecule has 1 aliphatic carbocycles. The van der Waals surface area contributed by atoms with E-state index >= 15 is 0 Å². The number of aromatic amines is 1. The zero-order chi connectivity index (χ0) is 20.4. The topological polar surface area (TPSA) is 122 Å². The molecule has 3 aromatic rings. The Morgan fingerprint density at radius 3 is 3.00 bits per heavy atom. The van der Waals surface area contributed by atoms with Crippen LogP contribution in [0.2, 0.25) is 0 Å². The van der Waals surface area contributed by atoms with Gasteiger partial charge in [0, 0.05) is 29.9 Å². The molecule has 0 spiro atoms. The molecule has 0 saturated heterocycles. The van der Waals surface area contributed by atoms with Gasteiger partial charge in [0.15, 0.2) is 11.5 Å². The number of H-pyrrole nitrogens is 1. The second-order valence-corrected chi connectivity index (χ2v) is 8.22. The van der Waals surface area contributed by atoms with Crippen LogP contribution in [0.15, 0.2) is 23.8 Å². The van der Waals surface area contributed by atoms with E-state index in [2.05, 4.69) is 30.8 Å². The molecule has 152 valence electrons. The first-order valence-corrected chi connectivity index (χ1v) is 10.4. The normalized spacial score (nSPS) is 18.9. The SMILES string of the molecule is CC(C)NC(=O)O[C@@H]1CC[C@H](c2cc(NC(=O)c3ccnc4ncsc34)n[nH]2)C1. The number of nitrogens with one attached hydrogen (secondary N) is 3. The fraction of sp³-hybridized carbons (Fsp3) is 0.421. The van der Waals surface area contributed by atoms with E-state index in [0.29, 0.717) is 17.0 Å². The van der Waals surface area contributed by atoms with Gasteiger partial charge in [0.05, 0.1) is 15.8 Å². The van der Waals surface area contributed by atoms with E-state index in [1.807, 2.05) is 19.9 Å². The van der Waals surface area contributed by atoms with Crippen molar-refractivity contribution < 1.29 is 14.3 Å². The summed E-state index contributed by atoms with van der Waals surface area (Å²) in [6.45, 7) is 3.79. The molecule has 1 aliphatic rings. The minimum atomic E-state index is -0.380. The van der Waals surface area contributed by atoms with Gasteiger partial charge in [-0.25, -0.2) is 14.8 Å². The van der Waals surface area contributed by atoms with Crippen LogP contribution in [0.4, 0.5) is 10.6 Å². The fourth-order valence-electron chi connectivity index (χ4n) is 3.50. The lowest BCUT2D eigenvalue weighted by Gasteiger charge is -2.14. The lowest BCUT2D eigenvalue weighted by Crippen LogP contribution is -2.33. The third-order valence-electron chi connectivity index (χ3n) is 4.82. The molecule has 0 aromatic carbocycles. The number of aromatic nitrogens is 4. The maximum Gasteiger partial charge on any atom is 0.407 e. The van der Waals surface area contributed by atoms with Crippen LogP contribution in [0.1, 0.15) is 55.1 Å². The highest BCUT2D eigenvalue weighted by Gasteiger charge is 2.30. The Hall–Kier alpha value is -3.01. The Morgan fingerprint density at radius 1 is 1.31 bits per heavy atom. The second kappa shape index (κ2) is 8.16. The largest absolute Gasteiger partial charge is 0.446 e. The lowest BCUT2D eigenvalue weighted by atomic mass is 10.0. The third kappa shape index (κ3) is 4.37. The van der Waals surface area contributed by atoms with E-state index in [0.717, 1.165) is 29.7 Å². The number of thiazole rings is 1. The number of pyridine rings is 1. The number of fused-ring (bicyclic) bond motifs is 1. The number of anilines is 1. The molecule has 10 heteroatoms. The van der Waals surface area contributed by atoms with E-state index in [4.69, 9.17) is 4.74 Å². The summed E-state index contributed by atoms with van der Waals surface area (Å²) >= 11 is 1.38. The van der Waals surface area contributed by atoms with E-state index in [1.54, 1.807) is 17.8 Å². The number of carbonyl (C=O) groups excluding carboxylic acids is 2. The minimum absolute atomic E-state index is 0.0464. The Morgan fingerprint density at radius 2 is 2.17 bits per heavy atom. The lowest BCUT2D eigenvalue weighted by molar-refractivity contribution is 0.0979. The van der Waals surface area contributed by atoms with Crippen LogP contribution in [-0.2, 0) is 4.74 Å². The molecule has 0 radical (unpaired) electrons. The molecular weight excluding hydrogens is 392 g/mol. The fourth-order valence-corrected chi connectivity index (χ4v) is 4.25. The number of rotatable bonds is 5. The van der Waals surface area contributed by atoms with Crippen molar-refractivity contribution in [3.8, 4) is 0 Å². The predicted molar refractivity (Wildman–Crippen MR) is 109 cm³/mol. The number of hydrogen-bond acceptors (Lipinski definition) is 7. The summed E-state index contributed by atoms with van der Waals surface area (Å²) in [5.74, 6) is 0.415. The highest BCUT2D eigenvalue weighted by Crippen LogP contribution is 2.36. The van der Waals surface area contributed by atoms with Gasteiger partial charge in [0.2, 0.25) is 0 Å². The van der Waals surface area contributed by atoms with Gasteiger partial charge in [-0.3, -0.25) is 9.89 Å². The van der Waals surface area contributed by atoms with Crippen molar-refractivity contribution in [2.75, 3.05) is 5.32 Å². The van der Waals surface area contributed by atoms with Gasteiger partial charge in [-0.05, 0) is 39.2 Å². The average Bonchev–Trinajstić information content (AvgIpc) is 3.40. The molecule has 0 unspecified atom stereocenters. The number of alkyl carbamates (subject to hydrolysis) is 1. The summed E-state index contributed by atoms with van der Waals surface area (Å²) < 4.78 is 6.22. The van der Waals surface area contributed by atoms with Crippen LogP contribution in [0.3, 0.4) is 0 Å². The van der Waals surface area contributed by atoms with Gasteiger partial charge in [-0.15, -0.1) is 11.3 Å². The molecule has 4 rings (SSSR count). The van der Waals surface area contributed by atoms with Crippen molar-refractivity contribution in [3.63, 3.8) is 0 Å². The number of hydrogen-bond donors (Lipinski definition) is 3. The first kappa shape index (κ1) is 19.3. The zero-order valence-corrected chi connectivity index (χ0v) is 17.0. The quantitative estimate of drug-likeness (QED) is 0.588. The van der Waals surface area contributed by atoms with Crippen LogP contribution in [0.5, 0.6) is 0 Å². The summed E-state index contributed by atoms with van der Waals surface area (Å²) in [7, 11) is 0. The van der Waals surface area contributed by atoms with Crippen molar-refractivity contribution in [1.29, 1.82) is 0 Å². The predicted octanol–water partition coefficient (Wildman–Crippen LogP) is 3.44. The van der Waals surface area contributed by atoms with Crippen LogP contribution < -0.4 is 10.6 Å². The molecule has 2 amide bonds. The van der Waals surface area contributed by atoms with Crippen LogP contribution in [-0.4, -0.2) is 44.3 Å². The molecular formula is C19H22N6O3S.